The Morgan fingerprint density at radius 2 is 1.93 bits per heavy atom. The molecular weight excluding hydrogens is 172 g/mol. The molecule has 74 valence electrons. The van der Waals surface area contributed by atoms with Crippen molar-refractivity contribution in [2.75, 3.05) is 0 Å². The van der Waals surface area contributed by atoms with E-state index in [0.29, 0.717) is 18.1 Å². The molecule has 3 fully saturated rings. The fourth-order valence-electron chi connectivity index (χ4n) is 4.05. The molecule has 0 spiro atoms. The van der Waals surface area contributed by atoms with Crippen LogP contribution in [0, 0.1) is 41.4 Å². The Hall–Kier alpha value is -0.770. The van der Waals surface area contributed by atoms with Crippen LogP contribution in [0.3, 0.4) is 0 Å². The highest BCUT2D eigenvalue weighted by Gasteiger charge is 2.66. The zero-order chi connectivity index (χ0) is 9.71. The van der Waals surface area contributed by atoms with Crippen LogP contribution in [-0.2, 0) is 4.79 Å². The Labute approximate surface area is 85.3 Å². The molecule has 0 N–H and O–H groups in total. The van der Waals surface area contributed by atoms with Crippen molar-refractivity contribution in [1.82, 2.24) is 0 Å². The van der Waals surface area contributed by atoms with Crippen molar-refractivity contribution in [3.05, 3.63) is 0 Å². The van der Waals surface area contributed by atoms with Gasteiger partial charge in [0.2, 0.25) is 0 Å². The van der Waals surface area contributed by atoms with Crippen LogP contribution in [0.15, 0.2) is 0 Å². The van der Waals surface area contributed by atoms with E-state index >= 15 is 0 Å². The summed E-state index contributed by atoms with van der Waals surface area (Å²) < 4.78 is 0. The van der Waals surface area contributed by atoms with E-state index in [1.165, 1.54) is 19.3 Å². The molecule has 1 nitrogen and oxygen atoms in total. The zero-order valence-corrected chi connectivity index (χ0v) is 8.62. The van der Waals surface area contributed by atoms with Gasteiger partial charge in [-0.15, -0.1) is 5.92 Å². The fourth-order valence-corrected chi connectivity index (χ4v) is 4.05. The van der Waals surface area contributed by atoms with E-state index in [1.54, 1.807) is 0 Å². The largest absolute Gasteiger partial charge is 0.298 e. The van der Waals surface area contributed by atoms with Gasteiger partial charge < -0.3 is 0 Å². The fraction of sp³-hybridized carbons (Fsp3) is 0.769. The summed E-state index contributed by atoms with van der Waals surface area (Å²) in [6.07, 6.45) is 4.73. The molecule has 3 rings (SSSR count). The maximum absolute atomic E-state index is 11.8. The summed E-state index contributed by atoms with van der Waals surface area (Å²) in [5.41, 5.74) is 0. The summed E-state index contributed by atoms with van der Waals surface area (Å²) >= 11 is 0. The standard InChI is InChI=1S/C13H16O/c1-2-3-4-10(14)13-11-8-5-6-9(7-8)12(11)13/h8-9,11-13H,4-7H2,1H3. The first kappa shape index (κ1) is 8.53. The number of ketones is 1. The van der Waals surface area contributed by atoms with E-state index in [1.807, 2.05) is 6.92 Å². The van der Waals surface area contributed by atoms with Crippen molar-refractivity contribution in [2.24, 2.45) is 29.6 Å². The van der Waals surface area contributed by atoms with Crippen LogP contribution >= 0.6 is 0 Å². The Morgan fingerprint density at radius 1 is 1.29 bits per heavy atom. The average molecular weight is 188 g/mol. The molecule has 0 radical (unpaired) electrons. The highest BCUT2D eigenvalue weighted by Crippen LogP contribution is 2.69. The molecule has 14 heavy (non-hydrogen) atoms. The minimum absolute atomic E-state index is 0.432. The Morgan fingerprint density at radius 3 is 2.50 bits per heavy atom. The van der Waals surface area contributed by atoms with Crippen LogP contribution in [-0.4, -0.2) is 5.78 Å². The number of fused-ring (bicyclic) bond motifs is 5. The minimum atomic E-state index is 0.432. The first-order chi connectivity index (χ1) is 6.83. The third kappa shape index (κ3) is 1.00. The van der Waals surface area contributed by atoms with Gasteiger partial charge in [-0.05, 0) is 49.9 Å². The van der Waals surface area contributed by atoms with Crippen LogP contribution in [0.4, 0.5) is 0 Å². The summed E-state index contributed by atoms with van der Waals surface area (Å²) in [4.78, 5) is 11.8. The van der Waals surface area contributed by atoms with Crippen molar-refractivity contribution in [2.45, 2.75) is 32.6 Å². The molecule has 1 heteroatoms. The lowest BCUT2D eigenvalue weighted by Crippen LogP contribution is -2.08. The maximum atomic E-state index is 11.8. The summed E-state index contributed by atoms with van der Waals surface area (Å²) in [6.45, 7) is 1.81. The summed E-state index contributed by atoms with van der Waals surface area (Å²) in [5, 5.41) is 0. The van der Waals surface area contributed by atoms with Gasteiger partial charge in [-0.25, -0.2) is 0 Å². The van der Waals surface area contributed by atoms with Crippen molar-refractivity contribution in [1.29, 1.82) is 0 Å². The van der Waals surface area contributed by atoms with Gasteiger partial charge in [-0.1, -0.05) is 5.92 Å². The molecule has 0 saturated heterocycles. The molecule has 3 aliphatic carbocycles. The zero-order valence-electron chi connectivity index (χ0n) is 8.62. The van der Waals surface area contributed by atoms with Gasteiger partial charge in [0.1, 0.15) is 5.78 Å². The summed E-state index contributed by atoms with van der Waals surface area (Å²) in [5.74, 6) is 10.00. The molecule has 0 aromatic carbocycles. The molecule has 0 aromatic rings. The van der Waals surface area contributed by atoms with Crippen molar-refractivity contribution in [3.63, 3.8) is 0 Å². The van der Waals surface area contributed by atoms with Crippen molar-refractivity contribution >= 4 is 5.78 Å². The topological polar surface area (TPSA) is 17.1 Å². The quantitative estimate of drug-likeness (QED) is 0.607. The monoisotopic (exact) mass is 188 g/mol. The molecule has 4 atom stereocenters. The second-order valence-electron chi connectivity index (χ2n) is 5.08. The number of carbonyl (C=O) groups excluding carboxylic acids is 1. The lowest BCUT2D eigenvalue weighted by Gasteiger charge is -2.05. The summed E-state index contributed by atoms with van der Waals surface area (Å²) in [6, 6.07) is 0. The Kier molecular flexibility index (Phi) is 1.74. The number of hydrogen-bond donors (Lipinski definition) is 0. The number of hydrogen-bond acceptors (Lipinski definition) is 1. The van der Waals surface area contributed by atoms with Gasteiger partial charge in [-0.3, -0.25) is 4.79 Å². The molecule has 0 heterocycles. The van der Waals surface area contributed by atoms with Gasteiger partial charge in [0.05, 0.1) is 6.42 Å². The molecule has 4 unspecified atom stereocenters. The van der Waals surface area contributed by atoms with Crippen LogP contribution in [0.25, 0.3) is 0 Å². The normalized spacial score (nSPS) is 46.8. The predicted octanol–water partition coefficient (Wildman–Crippen LogP) is 2.26. The van der Waals surface area contributed by atoms with E-state index in [2.05, 4.69) is 11.8 Å². The van der Waals surface area contributed by atoms with Gasteiger partial charge in [0.25, 0.3) is 0 Å². The lowest BCUT2D eigenvalue weighted by atomic mass is 9.99. The van der Waals surface area contributed by atoms with E-state index in [-0.39, 0.29) is 0 Å². The third-order valence-electron chi connectivity index (χ3n) is 4.55. The first-order valence-corrected chi connectivity index (χ1v) is 5.75. The van der Waals surface area contributed by atoms with Gasteiger partial charge >= 0.3 is 0 Å². The summed E-state index contributed by atoms with van der Waals surface area (Å²) in [7, 11) is 0. The van der Waals surface area contributed by atoms with E-state index in [9.17, 15) is 4.79 Å². The third-order valence-corrected chi connectivity index (χ3v) is 4.55. The van der Waals surface area contributed by atoms with Crippen LogP contribution in [0.1, 0.15) is 32.6 Å². The second-order valence-corrected chi connectivity index (χ2v) is 5.08. The number of rotatable bonds is 2. The van der Waals surface area contributed by atoms with Crippen molar-refractivity contribution in [3.8, 4) is 11.8 Å². The second kappa shape index (κ2) is 2.86. The van der Waals surface area contributed by atoms with E-state index in [0.717, 1.165) is 23.7 Å². The molecular formula is C13H16O. The van der Waals surface area contributed by atoms with Gasteiger partial charge in [-0.2, -0.15) is 0 Å². The van der Waals surface area contributed by atoms with Crippen LogP contribution in [0.5, 0.6) is 0 Å². The SMILES string of the molecule is CC#CCC(=O)C1C2C3CCC(C3)C12. The smallest absolute Gasteiger partial charge is 0.148 e. The molecule has 3 saturated carbocycles. The van der Waals surface area contributed by atoms with Gasteiger partial charge in [0.15, 0.2) is 0 Å². The molecule has 2 bridgehead atoms. The first-order valence-electron chi connectivity index (χ1n) is 5.75. The molecule has 0 aromatic heterocycles. The predicted molar refractivity (Wildman–Crippen MR) is 54.4 cm³/mol. The Balaban J connectivity index is 1.67. The molecule has 0 aliphatic heterocycles. The van der Waals surface area contributed by atoms with Crippen LogP contribution in [0.2, 0.25) is 0 Å². The Bertz CT molecular complexity index is 317. The van der Waals surface area contributed by atoms with Crippen molar-refractivity contribution < 1.29 is 4.79 Å². The average Bonchev–Trinajstić information content (AvgIpc) is 2.64. The van der Waals surface area contributed by atoms with E-state index in [4.69, 9.17) is 0 Å². The number of Topliss-reactive ketones (excluding diaryl/α,β-unsaturated/α-hetero) is 1. The van der Waals surface area contributed by atoms with E-state index < -0.39 is 0 Å². The molecule has 3 aliphatic rings. The highest BCUT2D eigenvalue weighted by atomic mass is 16.1. The maximum Gasteiger partial charge on any atom is 0.148 e. The lowest BCUT2D eigenvalue weighted by molar-refractivity contribution is -0.120. The molecule has 0 amide bonds. The van der Waals surface area contributed by atoms with Gasteiger partial charge in [0, 0.05) is 5.92 Å². The number of carbonyl (C=O) groups is 1. The highest BCUT2D eigenvalue weighted by molar-refractivity contribution is 5.86. The minimum Gasteiger partial charge on any atom is -0.298 e. The van der Waals surface area contributed by atoms with Crippen LogP contribution < -0.4 is 0 Å².